The molecule has 2 N–H and O–H groups in total. The summed E-state index contributed by atoms with van der Waals surface area (Å²) >= 11 is 0. The van der Waals surface area contributed by atoms with Gasteiger partial charge in [0.25, 0.3) is 0 Å². The average Bonchev–Trinajstić information content (AvgIpc) is 2.93. The maximum Gasteiger partial charge on any atom is 0.191 e. The van der Waals surface area contributed by atoms with E-state index in [2.05, 4.69) is 12.1 Å². The Kier molecular flexibility index (Phi) is 10.7. The van der Waals surface area contributed by atoms with Crippen molar-refractivity contribution in [3.05, 3.63) is 120 Å². The molecule has 0 fully saturated rings. The predicted octanol–water partition coefficient (Wildman–Crippen LogP) is 5.16. The number of hydrogen-bond donors (Lipinski definition) is 2. The largest absolute Gasteiger partial charge is 0.872 e. The topological polar surface area (TPSA) is 91.2 Å². The van der Waals surface area contributed by atoms with Gasteiger partial charge in [0, 0.05) is 27.2 Å². The molecule has 0 spiro atoms. The molecule has 7 heteroatoms. The van der Waals surface area contributed by atoms with Gasteiger partial charge < -0.3 is 29.5 Å². The molecule has 0 bridgehead atoms. The van der Waals surface area contributed by atoms with Gasteiger partial charge in [0.1, 0.15) is 17.2 Å². The van der Waals surface area contributed by atoms with Crippen LogP contribution in [0, 0.1) is 0 Å². The summed E-state index contributed by atoms with van der Waals surface area (Å²) in [5, 5.41) is 30.3. The fourth-order valence-electron chi connectivity index (χ4n) is 4.39. The van der Waals surface area contributed by atoms with Gasteiger partial charge in [-0.05, 0) is 53.1 Å². The van der Waals surface area contributed by atoms with E-state index >= 15 is 0 Å². The van der Waals surface area contributed by atoms with Gasteiger partial charge >= 0.3 is 0 Å². The lowest BCUT2D eigenvalue weighted by atomic mass is 9.85. The smallest absolute Gasteiger partial charge is 0.191 e. The highest BCUT2D eigenvalue weighted by atomic mass is 16.5. The van der Waals surface area contributed by atoms with Crippen molar-refractivity contribution in [3.63, 3.8) is 0 Å². The Morgan fingerprint density at radius 2 is 0.947 bits per heavy atom. The lowest BCUT2D eigenvalue weighted by Gasteiger charge is -2.35. The molecular weight excluding hydrogens is 482 g/mol. The normalized spacial score (nSPS) is 11.2. The number of phenols is 2. The predicted molar refractivity (Wildman–Crippen MR) is 147 cm³/mol. The van der Waals surface area contributed by atoms with Gasteiger partial charge in [-0.3, -0.25) is 0 Å². The van der Waals surface area contributed by atoms with E-state index in [1.54, 1.807) is 57.7 Å². The third-order valence-electron chi connectivity index (χ3n) is 6.10. The SMILES string of the molecule is COC[N+](COC)(COC)c1ccccc1.[O-]c1ccc(C(c2ccc(O)cc2)c2ccc(O)cc2)cc1. The zero-order chi connectivity index (χ0) is 27.4. The summed E-state index contributed by atoms with van der Waals surface area (Å²) in [4.78, 5) is 0. The minimum absolute atomic E-state index is 0.0288. The number of phenolic OH excluding ortho intramolecular Hbond substituents is 2. The Bertz CT molecular complexity index is 1090. The maximum absolute atomic E-state index is 11.3. The van der Waals surface area contributed by atoms with Gasteiger partial charge in [-0.25, -0.2) is 4.48 Å². The van der Waals surface area contributed by atoms with E-state index in [-0.39, 0.29) is 23.2 Å². The summed E-state index contributed by atoms with van der Waals surface area (Å²) in [5.41, 5.74) is 4.10. The monoisotopic (exact) mass is 517 g/mol. The number of methoxy groups -OCH3 is 3. The van der Waals surface area contributed by atoms with Gasteiger partial charge in [-0.1, -0.05) is 66.7 Å². The first-order valence-corrected chi connectivity index (χ1v) is 12.2. The molecule has 38 heavy (non-hydrogen) atoms. The fourth-order valence-corrected chi connectivity index (χ4v) is 4.39. The van der Waals surface area contributed by atoms with Crippen molar-refractivity contribution in [2.45, 2.75) is 5.92 Å². The third-order valence-corrected chi connectivity index (χ3v) is 6.10. The van der Waals surface area contributed by atoms with Crippen molar-refractivity contribution in [2.75, 3.05) is 41.5 Å². The van der Waals surface area contributed by atoms with Crippen LogP contribution in [0.1, 0.15) is 22.6 Å². The molecule has 0 aliphatic carbocycles. The molecule has 0 saturated carbocycles. The zero-order valence-corrected chi connectivity index (χ0v) is 22.0. The Balaban J connectivity index is 0.000000223. The molecule has 200 valence electrons. The molecule has 0 aromatic heterocycles. The van der Waals surface area contributed by atoms with Crippen molar-refractivity contribution in [1.82, 2.24) is 4.48 Å². The van der Waals surface area contributed by atoms with E-state index in [1.807, 2.05) is 54.6 Å². The molecule has 0 atom stereocenters. The average molecular weight is 518 g/mol. The second-order valence-electron chi connectivity index (χ2n) is 8.92. The summed E-state index contributed by atoms with van der Waals surface area (Å²) in [7, 11) is 5.05. The van der Waals surface area contributed by atoms with E-state index in [9.17, 15) is 15.3 Å². The van der Waals surface area contributed by atoms with Crippen LogP contribution in [0.5, 0.6) is 17.2 Å². The highest BCUT2D eigenvalue weighted by Crippen LogP contribution is 2.34. The van der Waals surface area contributed by atoms with E-state index < -0.39 is 0 Å². The molecule has 0 saturated heterocycles. The summed E-state index contributed by atoms with van der Waals surface area (Å²) in [6.07, 6.45) is 0. The molecule has 0 heterocycles. The minimum atomic E-state index is -0.0678. The Labute approximate surface area is 224 Å². The number of benzene rings is 4. The van der Waals surface area contributed by atoms with Gasteiger partial charge in [-0.2, -0.15) is 0 Å². The molecule has 0 aliphatic rings. The molecule has 4 aromatic carbocycles. The quantitative estimate of drug-likeness (QED) is 0.172. The van der Waals surface area contributed by atoms with E-state index in [4.69, 9.17) is 14.2 Å². The summed E-state index contributed by atoms with van der Waals surface area (Å²) in [6.45, 7) is 1.56. The first-order chi connectivity index (χ1) is 18.4. The number of ether oxygens (including phenoxy) is 3. The molecule has 4 aromatic rings. The molecule has 0 aliphatic heterocycles. The number of para-hydroxylation sites is 1. The van der Waals surface area contributed by atoms with E-state index in [1.165, 1.54) is 0 Å². The van der Waals surface area contributed by atoms with Gasteiger partial charge in [-0.15, -0.1) is 5.75 Å². The Morgan fingerprint density at radius 3 is 1.32 bits per heavy atom. The first kappa shape index (κ1) is 28.7. The van der Waals surface area contributed by atoms with Crippen molar-refractivity contribution in [2.24, 2.45) is 0 Å². The second-order valence-corrected chi connectivity index (χ2v) is 8.92. The number of rotatable bonds is 10. The molecule has 0 radical (unpaired) electrons. The number of hydrogen-bond acceptors (Lipinski definition) is 6. The number of aromatic hydroxyl groups is 2. The summed E-state index contributed by atoms with van der Waals surface area (Å²) < 4.78 is 16.3. The van der Waals surface area contributed by atoms with Crippen LogP contribution in [0.2, 0.25) is 0 Å². The van der Waals surface area contributed by atoms with Crippen LogP contribution in [0.4, 0.5) is 5.69 Å². The standard InChI is InChI=1S/C19H16O3.C12H20NO3/c20-16-7-1-13(2-8-16)19(14-3-9-17(21)10-4-14)15-5-11-18(22)12-6-15;1-14-9-13(10-15-2,11-16-3)12-7-5-4-6-8-12/h1-12,19-22H;4-8H,9-11H2,1-3H3/q;+1/p-1. The molecule has 0 unspecified atom stereocenters. The summed E-state index contributed by atoms with van der Waals surface area (Å²) in [6, 6.07) is 30.8. The number of quaternary nitrogens is 1. The second kappa shape index (κ2) is 14.2. The maximum atomic E-state index is 11.3. The highest BCUT2D eigenvalue weighted by molar-refractivity contribution is 5.46. The molecule has 7 nitrogen and oxygen atoms in total. The van der Waals surface area contributed by atoms with Crippen molar-refractivity contribution in [3.8, 4) is 17.2 Å². The van der Waals surface area contributed by atoms with Crippen LogP contribution in [0.15, 0.2) is 103 Å². The van der Waals surface area contributed by atoms with Crippen LogP contribution < -0.4 is 9.59 Å². The van der Waals surface area contributed by atoms with Crippen molar-refractivity contribution >= 4 is 5.69 Å². The van der Waals surface area contributed by atoms with E-state index in [0.717, 1.165) is 22.4 Å². The van der Waals surface area contributed by atoms with E-state index in [0.29, 0.717) is 24.7 Å². The molecule has 4 rings (SSSR count). The van der Waals surface area contributed by atoms with Gasteiger partial charge in [0.2, 0.25) is 0 Å². The Morgan fingerprint density at radius 1 is 0.579 bits per heavy atom. The fraction of sp³-hybridized carbons (Fsp3) is 0.226. The van der Waals surface area contributed by atoms with Crippen LogP contribution in [-0.4, -0.2) is 51.7 Å². The minimum Gasteiger partial charge on any atom is -0.872 e. The van der Waals surface area contributed by atoms with Gasteiger partial charge in [0.05, 0.1) is 0 Å². The van der Waals surface area contributed by atoms with Crippen molar-refractivity contribution < 1.29 is 29.5 Å². The molecule has 0 amide bonds. The van der Waals surface area contributed by atoms with Gasteiger partial charge in [0.15, 0.2) is 20.2 Å². The van der Waals surface area contributed by atoms with Crippen LogP contribution >= 0.6 is 0 Å². The lowest BCUT2D eigenvalue weighted by Crippen LogP contribution is -2.53. The Hall–Kier alpha value is -3.88. The van der Waals surface area contributed by atoms with Crippen LogP contribution in [0.3, 0.4) is 0 Å². The highest BCUT2D eigenvalue weighted by Gasteiger charge is 2.30. The lowest BCUT2D eigenvalue weighted by molar-refractivity contribution is -0.268. The number of nitrogens with zero attached hydrogens (tertiary/aromatic N) is 1. The molecular formula is C31H35NO6. The first-order valence-electron chi connectivity index (χ1n) is 12.2. The third kappa shape index (κ3) is 7.57. The van der Waals surface area contributed by atoms with Crippen molar-refractivity contribution in [1.29, 1.82) is 0 Å². The zero-order valence-electron chi connectivity index (χ0n) is 22.0. The summed E-state index contributed by atoms with van der Waals surface area (Å²) in [5.74, 6) is 0.326. The van der Waals surface area contributed by atoms with Crippen LogP contribution in [0.25, 0.3) is 0 Å². The van der Waals surface area contributed by atoms with Crippen LogP contribution in [-0.2, 0) is 14.2 Å².